The number of ether oxygens (including phenoxy) is 1. The van der Waals surface area contributed by atoms with E-state index in [1.807, 2.05) is 0 Å². The maximum atomic E-state index is 5.09. The van der Waals surface area contributed by atoms with Crippen LogP contribution in [0.2, 0.25) is 0 Å². The van der Waals surface area contributed by atoms with Gasteiger partial charge in [-0.3, -0.25) is 0 Å². The summed E-state index contributed by atoms with van der Waals surface area (Å²) in [5, 5.41) is 0. The van der Waals surface area contributed by atoms with E-state index in [1.165, 1.54) is 57.8 Å². The molecule has 1 unspecified atom stereocenters. The molecule has 0 radical (unpaired) electrons. The van der Waals surface area contributed by atoms with Gasteiger partial charge in [0.15, 0.2) is 0 Å². The van der Waals surface area contributed by atoms with Gasteiger partial charge in [0, 0.05) is 0 Å². The molecule has 1 heterocycles. The van der Waals surface area contributed by atoms with Crippen LogP contribution in [0.3, 0.4) is 0 Å². The molecule has 0 aromatic rings. The Morgan fingerprint density at radius 2 is 1.59 bits per heavy atom. The van der Waals surface area contributed by atoms with Gasteiger partial charge in [-0.25, -0.2) is 0 Å². The molecule has 1 atom stereocenters. The molecule has 0 amide bonds. The van der Waals surface area contributed by atoms with Crippen molar-refractivity contribution in [3.8, 4) is 0 Å². The molecule has 1 nitrogen and oxygen atoms in total. The lowest BCUT2D eigenvalue weighted by Crippen LogP contribution is -1.79. The fraction of sp³-hybridized carbons (Fsp3) is 0.750. The predicted molar refractivity (Wildman–Crippen MR) is 75.2 cm³/mol. The first kappa shape index (κ1) is 14.5. The van der Waals surface area contributed by atoms with Gasteiger partial charge in [-0.2, -0.15) is 0 Å². The molecule has 1 heteroatoms. The van der Waals surface area contributed by atoms with Crippen LogP contribution in [0.5, 0.6) is 0 Å². The summed E-state index contributed by atoms with van der Waals surface area (Å²) in [6, 6.07) is 0. The Morgan fingerprint density at radius 3 is 2.24 bits per heavy atom. The van der Waals surface area contributed by atoms with Gasteiger partial charge in [0.2, 0.25) is 0 Å². The summed E-state index contributed by atoms with van der Waals surface area (Å²) in [5.74, 6) is 0. The summed E-state index contributed by atoms with van der Waals surface area (Å²) in [6.45, 7) is 3.19. The molecule has 1 aliphatic heterocycles. The van der Waals surface area contributed by atoms with Gasteiger partial charge < -0.3 is 4.74 Å². The van der Waals surface area contributed by atoms with Gasteiger partial charge in [0.25, 0.3) is 0 Å². The highest BCUT2D eigenvalue weighted by atomic mass is 16.6. The van der Waals surface area contributed by atoms with Crippen LogP contribution < -0.4 is 0 Å². The van der Waals surface area contributed by atoms with Crippen molar-refractivity contribution < 1.29 is 4.74 Å². The first-order valence-corrected chi connectivity index (χ1v) is 7.38. The molecule has 0 N–H and O–H groups in total. The quantitative estimate of drug-likeness (QED) is 0.278. The van der Waals surface area contributed by atoms with Crippen molar-refractivity contribution in [2.45, 2.75) is 70.8 Å². The van der Waals surface area contributed by atoms with Gasteiger partial charge in [-0.1, -0.05) is 76.2 Å². The Morgan fingerprint density at radius 1 is 0.941 bits per heavy atom. The Balaban J connectivity index is 1.74. The number of rotatable bonds is 11. The predicted octanol–water partition coefficient (Wildman–Crippen LogP) is 5.03. The zero-order valence-electron chi connectivity index (χ0n) is 11.4. The smallest absolute Gasteiger partial charge is 0.0994 e. The first-order chi connectivity index (χ1) is 8.43. The number of allylic oxidation sites excluding steroid dienone is 3. The highest BCUT2D eigenvalue weighted by Gasteiger charge is 2.17. The number of epoxide rings is 1. The summed E-state index contributed by atoms with van der Waals surface area (Å²) in [6.07, 6.45) is 21.6. The average molecular weight is 236 g/mol. The summed E-state index contributed by atoms with van der Waals surface area (Å²) in [4.78, 5) is 0. The highest BCUT2D eigenvalue weighted by molar-refractivity contribution is 5.07. The zero-order chi connectivity index (χ0) is 12.2. The van der Waals surface area contributed by atoms with Crippen LogP contribution in [0.4, 0.5) is 0 Å². The minimum absolute atomic E-state index is 0.419. The Labute approximate surface area is 107 Å². The van der Waals surface area contributed by atoms with Crippen LogP contribution in [-0.2, 0) is 4.74 Å². The van der Waals surface area contributed by atoms with Gasteiger partial charge in [-0.15, -0.1) is 0 Å². The van der Waals surface area contributed by atoms with E-state index in [2.05, 4.69) is 31.2 Å². The Hall–Kier alpha value is -0.560. The van der Waals surface area contributed by atoms with Crippen LogP contribution in [0.1, 0.15) is 64.7 Å². The Kier molecular flexibility index (Phi) is 9.03. The third-order valence-electron chi connectivity index (χ3n) is 3.16. The maximum absolute atomic E-state index is 5.09. The van der Waals surface area contributed by atoms with Gasteiger partial charge in [0.1, 0.15) is 0 Å². The highest BCUT2D eigenvalue weighted by Crippen LogP contribution is 2.11. The fourth-order valence-corrected chi connectivity index (χ4v) is 1.93. The molecule has 0 bridgehead atoms. The second-order valence-corrected chi connectivity index (χ2v) is 4.95. The van der Waals surface area contributed by atoms with Gasteiger partial charge in [-0.05, 0) is 12.8 Å². The molecular formula is C16H28O. The molecule has 98 valence electrons. The summed E-state index contributed by atoms with van der Waals surface area (Å²) in [5.41, 5.74) is 0. The second kappa shape index (κ2) is 10.6. The van der Waals surface area contributed by atoms with E-state index in [4.69, 9.17) is 4.74 Å². The topological polar surface area (TPSA) is 12.5 Å². The zero-order valence-corrected chi connectivity index (χ0v) is 11.4. The van der Waals surface area contributed by atoms with Gasteiger partial charge >= 0.3 is 0 Å². The lowest BCUT2D eigenvalue weighted by molar-refractivity contribution is 0.440. The standard InChI is InChI=1S/C16H28O/c1-2-3-4-5-6-7-8-9-10-11-12-13-14-16-15-17-16/h11-14,16H,2-10,15H2,1H3/b12-11+,14-13+. The lowest BCUT2D eigenvalue weighted by Gasteiger charge is -1.99. The molecule has 17 heavy (non-hydrogen) atoms. The SMILES string of the molecule is CCCCCCCCCC/C=C/C=C/C1CO1. The van der Waals surface area contributed by atoms with Crippen LogP contribution in [0.25, 0.3) is 0 Å². The molecule has 0 aromatic carbocycles. The van der Waals surface area contributed by atoms with Crippen molar-refractivity contribution in [3.05, 3.63) is 24.3 Å². The van der Waals surface area contributed by atoms with Crippen LogP contribution >= 0.6 is 0 Å². The molecule has 0 aliphatic carbocycles. The fourth-order valence-electron chi connectivity index (χ4n) is 1.93. The molecule has 1 saturated heterocycles. The van der Waals surface area contributed by atoms with Crippen LogP contribution in [0, 0.1) is 0 Å². The first-order valence-electron chi connectivity index (χ1n) is 7.38. The summed E-state index contributed by atoms with van der Waals surface area (Å²) in [7, 11) is 0. The second-order valence-electron chi connectivity index (χ2n) is 4.95. The number of hydrogen-bond donors (Lipinski definition) is 0. The molecule has 0 aromatic heterocycles. The largest absolute Gasteiger partial charge is 0.369 e. The minimum Gasteiger partial charge on any atom is -0.369 e. The third-order valence-corrected chi connectivity index (χ3v) is 3.16. The maximum Gasteiger partial charge on any atom is 0.0994 e. The van der Waals surface area contributed by atoms with Crippen molar-refractivity contribution in [3.63, 3.8) is 0 Å². The molecule has 1 rings (SSSR count). The van der Waals surface area contributed by atoms with E-state index in [1.54, 1.807) is 0 Å². The minimum atomic E-state index is 0.419. The number of hydrogen-bond acceptors (Lipinski definition) is 1. The van der Waals surface area contributed by atoms with E-state index in [9.17, 15) is 0 Å². The molecular weight excluding hydrogens is 208 g/mol. The van der Waals surface area contributed by atoms with Gasteiger partial charge in [0.05, 0.1) is 12.7 Å². The third kappa shape index (κ3) is 10.3. The molecule has 1 fully saturated rings. The average Bonchev–Trinajstić information content (AvgIpc) is 3.15. The van der Waals surface area contributed by atoms with E-state index in [0.717, 1.165) is 6.61 Å². The van der Waals surface area contributed by atoms with Crippen molar-refractivity contribution >= 4 is 0 Å². The number of unbranched alkanes of at least 4 members (excludes halogenated alkanes) is 8. The van der Waals surface area contributed by atoms with Crippen molar-refractivity contribution in [1.82, 2.24) is 0 Å². The van der Waals surface area contributed by atoms with E-state index < -0.39 is 0 Å². The normalized spacial score (nSPS) is 19.5. The molecule has 1 aliphatic rings. The molecule has 0 spiro atoms. The van der Waals surface area contributed by atoms with Crippen LogP contribution in [0.15, 0.2) is 24.3 Å². The van der Waals surface area contributed by atoms with Crippen molar-refractivity contribution in [1.29, 1.82) is 0 Å². The van der Waals surface area contributed by atoms with E-state index in [0.29, 0.717) is 6.10 Å². The molecule has 0 saturated carbocycles. The van der Waals surface area contributed by atoms with Crippen LogP contribution in [-0.4, -0.2) is 12.7 Å². The monoisotopic (exact) mass is 236 g/mol. The summed E-state index contributed by atoms with van der Waals surface area (Å²) < 4.78 is 5.09. The van der Waals surface area contributed by atoms with Crippen molar-refractivity contribution in [2.75, 3.05) is 6.61 Å². The van der Waals surface area contributed by atoms with E-state index in [-0.39, 0.29) is 0 Å². The van der Waals surface area contributed by atoms with Crippen molar-refractivity contribution in [2.24, 2.45) is 0 Å². The Bertz CT molecular complexity index is 214. The lowest BCUT2D eigenvalue weighted by atomic mass is 10.1. The van der Waals surface area contributed by atoms with E-state index >= 15 is 0 Å². The summed E-state index contributed by atoms with van der Waals surface area (Å²) >= 11 is 0.